The molecule has 0 aromatic carbocycles. The standard InChI is InChI=1S/C7H12O2.C6H10O/c1-6(2)4-5-9-7(3)8;1-2-3-4-5-6-7/h4H,5H2,1-3H3;4-6H,2-3H2,1H3/b;5-4+. The number of ether oxygens (including phenoxy) is 1. The van der Waals surface area contributed by atoms with Crippen molar-refractivity contribution in [3.63, 3.8) is 0 Å². The number of carbonyl (C=O) groups is 2. The SMILES string of the molecule is CC(=O)OCC=C(C)C.CCC/C=C/C=O. The Morgan fingerprint density at radius 1 is 1.25 bits per heavy atom. The van der Waals surface area contributed by atoms with Gasteiger partial charge in [-0.3, -0.25) is 9.59 Å². The Morgan fingerprint density at radius 3 is 2.25 bits per heavy atom. The van der Waals surface area contributed by atoms with Crippen molar-refractivity contribution in [3.8, 4) is 0 Å². The molecule has 0 aliphatic carbocycles. The predicted octanol–water partition coefficient (Wildman–Crippen LogP) is 3.06. The van der Waals surface area contributed by atoms with Crippen LogP contribution in [0.4, 0.5) is 0 Å². The van der Waals surface area contributed by atoms with E-state index in [1.54, 1.807) is 0 Å². The summed E-state index contributed by atoms with van der Waals surface area (Å²) in [6.45, 7) is 7.80. The third kappa shape index (κ3) is 22.9. The zero-order valence-corrected chi connectivity index (χ0v) is 10.7. The van der Waals surface area contributed by atoms with Gasteiger partial charge < -0.3 is 4.74 Å². The van der Waals surface area contributed by atoms with E-state index in [0.717, 1.165) is 24.7 Å². The summed E-state index contributed by atoms with van der Waals surface area (Å²) >= 11 is 0. The van der Waals surface area contributed by atoms with Crippen LogP contribution >= 0.6 is 0 Å². The number of carbonyl (C=O) groups excluding carboxylic acids is 2. The van der Waals surface area contributed by atoms with Crippen molar-refractivity contribution in [1.82, 2.24) is 0 Å². The van der Waals surface area contributed by atoms with Crippen molar-refractivity contribution < 1.29 is 14.3 Å². The molecule has 0 spiro atoms. The number of aldehydes is 1. The van der Waals surface area contributed by atoms with E-state index in [1.807, 2.05) is 26.0 Å². The molecule has 0 aromatic rings. The van der Waals surface area contributed by atoms with Gasteiger partial charge in [-0.2, -0.15) is 0 Å². The van der Waals surface area contributed by atoms with Gasteiger partial charge in [-0.1, -0.05) is 25.0 Å². The van der Waals surface area contributed by atoms with E-state index in [1.165, 1.54) is 13.0 Å². The van der Waals surface area contributed by atoms with Crippen molar-refractivity contribution in [2.45, 2.75) is 40.5 Å². The normalized spacial score (nSPS) is 9.00. The number of esters is 1. The zero-order valence-electron chi connectivity index (χ0n) is 10.7. The second-order valence-electron chi connectivity index (χ2n) is 3.44. The Kier molecular flexibility index (Phi) is 14.5. The maximum atomic E-state index is 10.2. The summed E-state index contributed by atoms with van der Waals surface area (Å²) in [6, 6.07) is 0. The topological polar surface area (TPSA) is 43.4 Å². The summed E-state index contributed by atoms with van der Waals surface area (Å²) in [6.07, 6.45) is 8.19. The third-order valence-corrected chi connectivity index (χ3v) is 1.45. The van der Waals surface area contributed by atoms with Gasteiger partial charge in [0.2, 0.25) is 0 Å². The van der Waals surface area contributed by atoms with Crippen molar-refractivity contribution in [1.29, 1.82) is 0 Å². The minimum atomic E-state index is -0.229. The molecule has 0 unspecified atom stereocenters. The van der Waals surface area contributed by atoms with Gasteiger partial charge in [-0.25, -0.2) is 0 Å². The molecule has 0 N–H and O–H groups in total. The summed E-state index contributed by atoms with van der Waals surface area (Å²) in [7, 11) is 0. The first-order chi connectivity index (χ1) is 7.54. The van der Waals surface area contributed by atoms with Crippen molar-refractivity contribution in [2.24, 2.45) is 0 Å². The van der Waals surface area contributed by atoms with Crippen molar-refractivity contribution in [3.05, 3.63) is 23.8 Å². The van der Waals surface area contributed by atoms with Crippen LogP contribution in [0.15, 0.2) is 23.8 Å². The summed E-state index contributed by atoms with van der Waals surface area (Å²) in [5, 5.41) is 0. The zero-order chi connectivity index (χ0) is 12.8. The molecule has 0 aliphatic heterocycles. The first kappa shape index (κ1) is 17.0. The molecule has 0 aliphatic rings. The first-order valence-corrected chi connectivity index (χ1v) is 5.41. The average molecular weight is 226 g/mol. The predicted molar refractivity (Wildman–Crippen MR) is 66.2 cm³/mol. The maximum Gasteiger partial charge on any atom is 0.302 e. The molecule has 0 saturated heterocycles. The molecule has 0 fully saturated rings. The molecule has 0 saturated carbocycles. The number of hydrogen-bond acceptors (Lipinski definition) is 3. The van der Waals surface area contributed by atoms with E-state index in [2.05, 4.69) is 11.7 Å². The van der Waals surface area contributed by atoms with Crippen LogP contribution in [0.2, 0.25) is 0 Å². The third-order valence-electron chi connectivity index (χ3n) is 1.45. The molecule has 3 nitrogen and oxygen atoms in total. The molecule has 3 heteroatoms. The summed E-state index contributed by atoms with van der Waals surface area (Å²) in [5.41, 5.74) is 1.16. The van der Waals surface area contributed by atoms with Gasteiger partial charge in [-0.15, -0.1) is 0 Å². The Bertz CT molecular complexity index is 236. The smallest absolute Gasteiger partial charge is 0.302 e. The van der Waals surface area contributed by atoms with Crippen LogP contribution in [0.5, 0.6) is 0 Å². The molecular formula is C13H22O3. The van der Waals surface area contributed by atoms with E-state index in [9.17, 15) is 9.59 Å². The minimum Gasteiger partial charge on any atom is -0.462 e. The second kappa shape index (κ2) is 13.6. The van der Waals surface area contributed by atoms with Crippen LogP contribution in [0.1, 0.15) is 40.5 Å². The Labute approximate surface area is 98.2 Å². The first-order valence-electron chi connectivity index (χ1n) is 5.41. The highest BCUT2D eigenvalue weighted by Crippen LogP contribution is 1.88. The molecule has 0 bridgehead atoms. The molecule has 0 atom stereocenters. The van der Waals surface area contributed by atoms with Gasteiger partial charge in [0.25, 0.3) is 0 Å². The van der Waals surface area contributed by atoms with Crippen molar-refractivity contribution in [2.75, 3.05) is 6.61 Å². The van der Waals surface area contributed by atoms with Crippen LogP contribution in [0, 0.1) is 0 Å². The monoisotopic (exact) mass is 226 g/mol. The highest BCUT2D eigenvalue weighted by molar-refractivity contribution is 5.66. The van der Waals surface area contributed by atoms with Gasteiger partial charge in [0.1, 0.15) is 12.9 Å². The molecule has 0 rings (SSSR count). The fourth-order valence-electron chi connectivity index (χ4n) is 0.644. The lowest BCUT2D eigenvalue weighted by Crippen LogP contribution is -1.97. The molecule has 0 radical (unpaired) electrons. The van der Waals surface area contributed by atoms with E-state index >= 15 is 0 Å². The highest BCUT2D eigenvalue weighted by Gasteiger charge is 1.86. The number of rotatable bonds is 5. The molecule has 0 aromatic heterocycles. The van der Waals surface area contributed by atoms with E-state index in [-0.39, 0.29) is 5.97 Å². The Balaban J connectivity index is 0. The van der Waals surface area contributed by atoms with Gasteiger partial charge in [0.05, 0.1) is 0 Å². The van der Waals surface area contributed by atoms with Crippen LogP contribution < -0.4 is 0 Å². The number of unbranched alkanes of at least 4 members (excludes halogenated alkanes) is 1. The van der Waals surface area contributed by atoms with E-state index < -0.39 is 0 Å². The lowest BCUT2D eigenvalue weighted by Gasteiger charge is -1.94. The van der Waals surface area contributed by atoms with Crippen LogP contribution in [-0.2, 0) is 14.3 Å². The lowest BCUT2D eigenvalue weighted by molar-refractivity contribution is -0.139. The van der Waals surface area contributed by atoms with Gasteiger partial charge in [0, 0.05) is 6.92 Å². The largest absolute Gasteiger partial charge is 0.462 e. The van der Waals surface area contributed by atoms with Crippen molar-refractivity contribution >= 4 is 12.3 Å². The average Bonchev–Trinajstić information content (AvgIpc) is 2.18. The van der Waals surface area contributed by atoms with E-state index in [0.29, 0.717) is 6.61 Å². The Morgan fingerprint density at radius 2 is 1.88 bits per heavy atom. The summed E-state index contributed by atoms with van der Waals surface area (Å²) in [4.78, 5) is 19.8. The maximum absolute atomic E-state index is 10.2. The van der Waals surface area contributed by atoms with Crippen LogP contribution in [0.25, 0.3) is 0 Å². The second-order valence-corrected chi connectivity index (χ2v) is 3.44. The fourth-order valence-corrected chi connectivity index (χ4v) is 0.644. The summed E-state index contributed by atoms with van der Waals surface area (Å²) < 4.78 is 4.64. The Hall–Kier alpha value is -1.38. The number of allylic oxidation sites excluding steroid dienone is 3. The molecule has 16 heavy (non-hydrogen) atoms. The van der Waals surface area contributed by atoms with E-state index in [4.69, 9.17) is 0 Å². The number of hydrogen-bond donors (Lipinski definition) is 0. The van der Waals surface area contributed by atoms with Gasteiger partial charge in [0.15, 0.2) is 0 Å². The van der Waals surface area contributed by atoms with Crippen LogP contribution in [-0.4, -0.2) is 18.9 Å². The van der Waals surface area contributed by atoms with Gasteiger partial charge >= 0.3 is 5.97 Å². The molecule has 92 valence electrons. The molecule has 0 heterocycles. The molecular weight excluding hydrogens is 204 g/mol. The summed E-state index contributed by atoms with van der Waals surface area (Å²) in [5.74, 6) is -0.229. The lowest BCUT2D eigenvalue weighted by atomic mass is 10.3. The fraction of sp³-hybridized carbons (Fsp3) is 0.538. The highest BCUT2D eigenvalue weighted by atomic mass is 16.5. The van der Waals surface area contributed by atoms with Crippen LogP contribution in [0.3, 0.4) is 0 Å². The molecule has 0 amide bonds. The minimum absolute atomic E-state index is 0.229. The van der Waals surface area contributed by atoms with Gasteiger partial charge in [-0.05, 0) is 32.4 Å². The quantitative estimate of drug-likeness (QED) is 0.313.